The molecule has 0 spiro atoms. The molecular weight excluding hydrogens is 184 g/mol. The lowest BCUT2D eigenvalue weighted by Gasteiger charge is -2.45. The number of unbranched alkanes of at least 4 members (excludes halogenated alkanes) is 2. The fourth-order valence-electron chi connectivity index (χ4n) is 2.50. The van der Waals surface area contributed by atoms with E-state index in [0.717, 1.165) is 12.5 Å². The third-order valence-corrected chi connectivity index (χ3v) is 3.86. The highest BCUT2D eigenvalue weighted by molar-refractivity contribution is 4.88. The molecule has 1 atom stereocenters. The zero-order valence-corrected chi connectivity index (χ0v) is 10.8. The molecule has 0 aromatic heterocycles. The molecule has 15 heavy (non-hydrogen) atoms. The summed E-state index contributed by atoms with van der Waals surface area (Å²) in [6.45, 7) is 10.4. The Hall–Kier alpha value is -0.0800. The topological polar surface area (TPSA) is 29.3 Å². The summed E-state index contributed by atoms with van der Waals surface area (Å²) in [7, 11) is 0. The predicted octanol–water partition coefficient (Wildman–Crippen LogP) is 2.63. The molecule has 0 saturated carbocycles. The van der Waals surface area contributed by atoms with Crippen molar-refractivity contribution in [2.45, 2.75) is 58.4 Å². The third-order valence-electron chi connectivity index (χ3n) is 3.86. The molecular formula is C13H28N2. The first kappa shape index (κ1) is 13.0. The Kier molecular flexibility index (Phi) is 5.07. The maximum Gasteiger partial charge on any atom is 0.0153 e. The Morgan fingerprint density at radius 1 is 1.33 bits per heavy atom. The average Bonchev–Trinajstić information content (AvgIpc) is 2.21. The average molecular weight is 212 g/mol. The van der Waals surface area contributed by atoms with Gasteiger partial charge in [0.1, 0.15) is 0 Å². The molecule has 0 radical (unpaired) electrons. The summed E-state index contributed by atoms with van der Waals surface area (Å²) in [4.78, 5) is 2.66. The Morgan fingerprint density at radius 2 is 2.07 bits per heavy atom. The largest absolute Gasteiger partial charge is 0.330 e. The first-order valence-corrected chi connectivity index (χ1v) is 6.55. The molecule has 0 aromatic rings. The quantitative estimate of drug-likeness (QED) is 0.710. The second-order valence-corrected chi connectivity index (χ2v) is 5.61. The maximum atomic E-state index is 5.78. The van der Waals surface area contributed by atoms with Crippen molar-refractivity contribution >= 4 is 0 Å². The van der Waals surface area contributed by atoms with Crippen LogP contribution in [0.25, 0.3) is 0 Å². The van der Waals surface area contributed by atoms with Gasteiger partial charge >= 0.3 is 0 Å². The van der Waals surface area contributed by atoms with Crippen molar-refractivity contribution < 1.29 is 0 Å². The highest BCUT2D eigenvalue weighted by Gasteiger charge is 2.32. The Bertz CT molecular complexity index is 177. The first-order chi connectivity index (χ1) is 7.10. The van der Waals surface area contributed by atoms with Crippen LogP contribution in [0.3, 0.4) is 0 Å². The van der Waals surface area contributed by atoms with E-state index in [-0.39, 0.29) is 0 Å². The van der Waals surface area contributed by atoms with E-state index in [4.69, 9.17) is 5.73 Å². The van der Waals surface area contributed by atoms with E-state index in [2.05, 4.69) is 25.7 Å². The lowest BCUT2D eigenvalue weighted by Crippen LogP contribution is -2.51. The van der Waals surface area contributed by atoms with Crippen molar-refractivity contribution in [2.24, 2.45) is 11.7 Å². The highest BCUT2D eigenvalue weighted by atomic mass is 15.2. The maximum absolute atomic E-state index is 5.78. The van der Waals surface area contributed by atoms with Gasteiger partial charge in [-0.3, -0.25) is 4.90 Å². The van der Waals surface area contributed by atoms with E-state index in [9.17, 15) is 0 Å². The van der Waals surface area contributed by atoms with Gasteiger partial charge in [-0.25, -0.2) is 0 Å². The van der Waals surface area contributed by atoms with Crippen molar-refractivity contribution in [3.8, 4) is 0 Å². The normalized spacial score (nSPS) is 26.8. The van der Waals surface area contributed by atoms with Gasteiger partial charge in [-0.15, -0.1) is 0 Å². The van der Waals surface area contributed by atoms with Crippen molar-refractivity contribution in [1.82, 2.24) is 4.90 Å². The molecule has 1 aliphatic heterocycles. The molecule has 2 nitrogen and oxygen atoms in total. The Morgan fingerprint density at radius 3 is 2.67 bits per heavy atom. The highest BCUT2D eigenvalue weighted by Crippen LogP contribution is 2.30. The van der Waals surface area contributed by atoms with Crippen LogP contribution in [0.4, 0.5) is 0 Å². The van der Waals surface area contributed by atoms with Crippen LogP contribution in [0.2, 0.25) is 0 Å². The summed E-state index contributed by atoms with van der Waals surface area (Å²) in [6.07, 6.45) is 6.64. The first-order valence-electron chi connectivity index (χ1n) is 6.55. The number of piperidine rings is 1. The summed E-state index contributed by atoms with van der Waals surface area (Å²) in [5.74, 6) is 0.736. The number of rotatable bonds is 5. The number of nitrogens with zero attached hydrogens (tertiary/aromatic N) is 1. The minimum absolute atomic E-state index is 0.402. The number of likely N-dealkylation sites (tertiary alicyclic amines) is 1. The minimum Gasteiger partial charge on any atom is -0.330 e. The van der Waals surface area contributed by atoms with Crippen LogP contribution in [-0.4, -0.2) is 30.1 Å². The van der Waals surface area contributed by atoms with E-state index < -0.39 is 0 Å². The number of nitrogens with two attached hydrogens (primary N) is 1. The van der Waals surface area contributed by atoms with Crippen LogP contribution in [0, 0.1) is 5.92 Å². The zero-order valence-electron chi connectivity index (χ0n) is 10.8. The van der Waals surface area contributed by atoms with Crippen LogP contribution in [0.5, 0.6) is 0 Å². The standard InChI is InChI=1S/C13H28N2/c1-4-5-6-9-15-11-12(10-14)7-8-13(15,2)3/h12H,4-11,14H2,1-3H3. The molecule has 0 amide bonds. The fraction of sp³-hybridized carbons (Fsp3) is 1.00. The van der Waals surface area contributed by atoms with Crippen LogP contribution in [0.1, 0.15) is 52.9 Å². The summed E-state index contributed by atoms with van der Waals surface area (Å²) in [6, 6.07) is 0. The zero-order chi connectivity index (χ0) is 11.3. The summed E-state index contributed by atoms with van der Waals surface area (Å²) >= 11 is 0. The molecule has 90 valence electrons. The smallest absolute Gasteiger partial charge is 0.0153 e. The van der Waals surface area contributed by atoms with Gasteiger partial charge in [0.25, 0.3) is 0 Å². The molecule has 1 unspecified atom stereocenters. The van der Waals surface area contributed by atoms with Crippen molar-refractivity contribution in [3.05, 3.63) is 0 Å². The molecule has 1 fully saturated rings. The van der Waals surface area contributed by atoms with Gasteiger partial charge in [0.2, 0.25) is 0 Å². The Balaban J connectivity index is 2.41. The van der Waals surface area contributed by atoms with Gasteiger partial charge in [0.05, 0.1) is 0 Å². The van der Waals surface area contributed by atoms with E-state index in [1.165, 1.54) is 45.2 Å². The predicted molar refractivity (Wildman–Crippen MR) is 67.0 cm³/mol. The van der Waals surface area contributed by atoms with Gasteiger partial charge in [-0.1, -0.05) is 19.8 Å². The van der Waals surface area contributed by atoms with Crippen LogP contribution in [-0.2, 0) is 0 Å². The molecule has 1 aliphatic rings. The van der Waals surface area contributed by atoms with Crippen LogP contribution < -0.4 is 5.73 Å². The van der Waals surface area contributed by atoms with Gasteiger partial charge in [0, 0.05) is 12.1 Å². The van der Waals surface area contributed by atoms with Crippen LogP contribution >= 0.6 is 0 Å². The van der Waals surface area contributed by atoms with Gasteiger partial charge in [-0.2, -0.15) is 0 Å². The van der Waals surface area contributed by atoms with Crippen LogP contribution in [0.15, 0.2) is 0 Å². The fourth-order valence-corrected chi connectivity index (χ4v) is 2.50. The second kappa shape index (κ2) is 5.86. The van der Waals surface area contributed by atoms with E-state index in [1.54, 1.807) is 0 Å². The SMILES string of the molecule is CCCCCN1CC(CN)CCC1(C)C. The molecule has 1 rings (SSSR count). The second-order valence-electron chi connectivity index (χ2n) is 5.61. The summed E-state index contributed by atoms with van der Waals surface area (Å²) < 4.78 is 0. The van der Waals surface area contributed by atoms with Gasteiger partial charge < -0.3 is 5.73 Å². The monoisotopic (exact) mass is 212 g/mol. The lowest BCUT2D eigenvalue weighted by molar-refractivity contribution is 0.0461. The van der Waals surface area contributed by atoms with Crippen molar-refractivity contribution in [3.63, 3.8) is 0 Å². The minimum atomic E-state index is 0.402. The van der Waals surface area contributed by atoms with Crippen molar-refractivity contribution in [1.29, 1.82) is 0 Å². The summed E-state index contributed by atoms with van der Waals surface area (Å²) in [5, 5.41) is 0. The number of hydrogen-bond donors (Lipinski definition) is 1. The van der Waals surface area contributed by atoms with E-state index >= 15 is 0 Å². The van der Waals surface area contributed by atoms with Gasteiger partial charge in [-0.05, 0) is 52.1 Å². The van der Waals surface area contributed by atoms with Crippen molar-refractivity contribution in [2.75, 3.05) is 19.6 Å². The lowest BCUT2D eigenvalue weighted by atomic mass is 9.84. The molecule has 1 heterocycles. The summed E-state index contributed by atoms with van der Waals surface area (Å²) in [5.41, 5.74) is 6.18. The molecule has 2 N–H and O–H groups in total. The third kappa shape index (κ3) is 3.76. The molecule has 2 heteroatoms. The molecule has 0 aromatic carbocycles. The van der Waals surface area contributed by atoms with E-state index in [1.807, 2.05) is 0 Å². The molecule has 0 bridgehead atoms. The van der Waals surface area contributed by atoms with Gasteiger partial charge in [0.15, 0.2) is 0 Å². The Labute approximate surface area is 95.2 Å². The van der Waals surface area contributed by atoms with E-state index in [0.29, 0.717) is 5.54 Å². The number of hydrogen-bond acceptors (Lipinski definition) is 2. The molecule has 1 saturated heterocycles. The molecule has 0 aliphatic carbocycles.